The predicted octanol–water partition coefficient (Wildman–Crippen LogP) is 3.69. The van der Waals surface area contributed by atoms with E-state index in [1.807, 2.05) is 12.3 Å². The van der Waals surface area contributed by atoms with E-state index in [0.717, 1.165) is 19.3 Å². The Morgan fingerprint density at radius 1 is 1.24 bits per heavy atom. The van der Waals surface area contributed by atoms with Crippen molar-refractivity contribution in [2.24, 2.45) is 5.73 Å². The maximum Gasteiger partial charge on any atom is 0.0482 e. The molecule has 21 heavy (non-hydrogen) atoms. The van der Waals surface area contributed by atoms with Gasteiger partial charge in [0, 0.05) is 23.9 Å². The van der Waals surface area contributed by atoms with Crippen molar-refractivity contribution in [1.82, 2.24) is 4.98 Å². The Morgan fingerprint density at radius 2 is 2.00 bits per heavy atom. The van der Waals surface area contributed by atoms with Gasteiger partial charge in [-0.05, 0) is 56.7 Å². The van der Waals surface area contributed by atoms with Crippen LogP contribution in [0.3, 0.4) is 0 Å². The Kier molecular flexibility index (Phi) is 4.07. The van der Waals surface area contributed by atoms with Gasteiger partial charge in [0.05, 0.1) is 0 Å². The fourth-order valence-electron chi connectivity index (χ4n) is 3.66. The van der Waals surface area contributed by atoms with E-state index in [-0.39, 0.29) is 6.04 Å². The summed E-state index contributed by atoms with van der Waals surface area (Å²) in [6.07, 6.45) is 6.37. The van der Waals surface area contributed by atoms with Crippen LogP contribution < -0.4 is 5.73 Å². The van der Waals surface area contributed by atoms with Crippen LogP contribution in [-0.4, -0.2) is 11.0 Å². The lowest BCUT2D eigenvalue weighted by Crippen LogP contribution is -2.33. The number of pyridine rings is 1. The van der Waals surface area contributed by atoms with E-state index in [1.54, 1.807) is 0 Å². The molecule has 1 aromatic carbocycles. The number of fused-ring (bicyclic) bond motifs is 1. The fourth-order valence-corrected chi connectivity index (χ4v) is 3.66. The van der Waals surface area contributed by atoms with E-state index >= 15 is 0 Å². The van der Waals surface area contributed by atoms with Gasteiger partial charge in [-0.2, -0.15) is 0 Å². The number of hydrogen-bond acceptors (Lipinski definition) is 2. The number of aryl methyl sites for hydroxylation is 3. The first-order valence-corrected chi connectivity index (χ1v) is 7.90. The first-order valence-electron chi connectivity index (χ1n) is 7.90. The van der Waals surface area contributed by atoms with Crippen LogP contribution in [0.15, 0.2) is 36.5 Å². The molecule has 3 rings (SSSR count). The van der Waals surface area contributed by atoms with Crippen LogP contribution in [0.2, 0.25) is 0 Å². The smallest absolute Gasteiger partial charge is 0.0482 e. The van der Waals surface area contributed by atoms with Crippen LogP contribution in [-0.2, 0) is 12.8 Å². The molecule has 0 saturated heterocycles. The predicted molar refractivity (Wildman–Crippen MR) is 87.5 cm³/mol. The molecule has 2 N–H and O–H groups in total. The summed E-state index contributed by atoms with van der Waals surface area (Å²) >= 11 is 0. The second-order valence-electron chi connectivity index (χ2n) is 6.41. The minimum absolute atomic E-state index is 0.153. The van der Waals surface area contributed by atoms with Gasteiger partial charge in [0.15, 0.2) is 0 Å². The molecule has 0 aliphatic heterocycles. The average Bonchev–Trinajstić information content (AvgIpc) is 2.45. The van der Waals surface area contributed by atoms with Crippen molar-refractivity contribution < 1.29 is 0 Å². The highest BCUT2D eigenvalue weighted by molar-refractivity contribution is 5.31. The first-order chi connectivity index (χ1) is 10.1. The van der Waals surface area contributed by atoms with E-state index in [4.69, 9.17) is 5.73 Å². The van der Waals surface area contributed by atoms with Gasteiger partial charge in [-0.3, -0.25) is 4.98 Å². The van der Waals surface area contributed by atoms with Gasteiger partial charge in [0.2, 0.25) is 0 Å². The summed E-state index contributed by atoms with van der Waals surface area (Å²) in [6, 6.07) is 11.1. The zero-order valence-electron chi connectivity index (χ0n) is 13.0. The van der Waals surface area contributed by atoms with Gasteiger partial charge in [-0.1, -0.05) is 35.4 Å². The van der Waals surface area contributed by atoms with Crippen LogP contribution >= 0.6 is 0 Å². The van der Waals surface area contributed by atoms with Gasteiger partial charge in [0.1, 0.15) is 0 Å². The molecule has 1 heterocycles. The fraction of sp³-hybridized carbons (Fsp3) is 0.421. The summed E-state index contributed by atoms with van der Waals surface area (Å²) < 4.78 is 0. The summed E-state index contributed by atoms with van der Waals surface area (Å²) in [7, 11) is 0. The lowest BCUT2D eigenvalue weighted by atomic mass is 9.80. The summed E-state index contributed by atoms with van der Waals surface area (Å²) in [5, 5.41) is 0. The molecule has 0 spiro atoms. The van der Waals surface area contributed by atoms with E-state index in [0.29, 0.717) is 5.92 Å². The highest BCUT2D eigenvalue weighted by atomic mass is 14.7. The molecule has 1 aromatic heterocycles. The Balaban J connectivity index is 1.81. The van der Waals surface area contributed by atoms with E-state index in [9.17, 15) is 0 Å². The minimum Gasteiger partial charge on any atom is -0.327 e. The summed E-state index contributed by atoms with van der Waals surface area (Å²) in [6.45, 7) is 4.30. The van der Waals surface area contributed by atoms with Gasteiger partial charge in [-0.15, -0.1) is 0 Å². The number of rotatable bonds is 3. The molecular weight excluding hydrogens is 256 g/mol. The monoisotopic (exact) mass is 280 g/mol. The number of nitrogens with zero attached hydrogens (tertiary/aromatic N) is 1. The summed E-state index contributed by atoms with van der Waals surface area (Å²) in [5.41, 5.74) is 13.2. The summed E-state index contributed by atoms with van der Waals surface area (Å²) in [5.74, 6) is 0.399. The molecule has 2 nitrogen and oxygen atoms in total. The van der Waals surface area contributed by atoms with Crippen molar-refractivity contribution in [3.63, 3.8) is 0 Å². The Morgan fingerprint density at radius 3 is 2.76 bits per heavy atom. The SMILES string of the molecule is Cc1cc(C)cc(CC(N)C2CCCc3cccnc32)c1. The molecule has 2 unspecified atom stereocenters. The van der Waals surface area contributed by atoms with Crippen molar-refractivity contribution in [3.8, 4) is 0 Å². The van der Waals surface area contributed by atoms with Gasteiger partial charge >= 0.3 is 0 Å². The molecule has 0 amide bonds. The molecule has 110 valence electrons. The molecule has 2 aromatic rings. The molecule has 1 aliphatic rings. The van der Waals surface area contributed by atoms with Crippen molar-refractivity contribution in [3.05, 3.63) is 64.5 Å². The zero-order chi connectivity index (χ0) is 14.8. The van der Waals surface area contributed by atoms with Gasteiger partial charge in [-0.25, -0.2) is 0 Å². The Labute approximate surface area is 127 Å². The molecule has 0 saturated carbocycles. The minimum atomic E-state index is 0.153. The Bertz CT molecular complexity index is 613. The quantitative estimate of drug-likeness (QED) is 0.931. The van der Waals surface area contributed by atoms with E-state index in [1.165, 1.54) is 34.4 Å². The maximum atomic E-state index is 6.56. The number of benzene rings is 1. The first kappa shape index (κ1) is 14.3. The maximum absolute atomic E-state index is 6.56. The molecule has 0 bridgehead atoms. The highest BCUT2D eigenvalue weighted by Crippen LogP contribution is 2.32. The third-order valence-electron chi connectivity index (χ3n) is 4.51. The Hall–Kier alpha value is -1.67. The van der Waals surface area contributed by atoms with Crippen LogP contribution in [0, 0.1) is 13.8 Å². The standard InChI is InChI=1S/C19H24N2/c1-13-9-14(2)11-15(10-13)12-18(20)17-7-3-5-16-6-4-8-21-19(16)17/h4,6,8-11,17-18H,3,5,7,12,20H2,1-2H3. The van der Waals surface area contributed by atoms with Crippen LogP contribution in [0.25, 0.3) is 0 Å². The lowest BCUT2D eigenvalue weighted by molar-refractivity contribution is 0.449. The van der Waals surface area contributed by atoms with Crippen molar-refractivity contribution in [2.45, 2.75) is 51.5 Å². The van der Waals surface area contributed by atoms with Gasteiger partial charge < -0.3 is 5.73 Å². The lowest BCUT2D eigenvalue weighted by Gasteiger charge is -2.29. The third-order valence-corrected chi connectivity index (χ3v) is 4.51. The summed E-state index contributed by atoms with van der Waals surface area (Å²) in [4.78, 5) is 4.62. The average molecular weight is 280 g/mol. The number of aromatic nitrogens is 1. The van der Waals surface area contributed by atoms with Gasteiger partial charge in [0.25, 0.3) is 0 Å². The second kappa shape index (κ2) is 5.98. The van der Waals surface area contributed by atoms with E-state index in [2.05, 4.69) is 43.1 Å². The molecular formula is C19H24N2. The second-order valence-corrected chi connectivity index (χ2v) is 6.41. The molecule has 2 heteroatoms. The van der Waals surface area contributed by atoms with Crippen LogP contribution in [0.5, 0.6) is 0 Å². The highest BCUT2D eigenvalue weighted by Gasteiger charge is 2.26. The molecule has 0 fully saturated rings. The zero-order valence-corrected chi connectivity index (χ0v) is 13.0. The van der Waals surface area contributed by atoms with E-state index < -0.39 is 0 Å². The third kappa shape index (κ3) is 3.16. The molecule has 0 radical (unpaired) electrons. The van der Waals surface area contributed by atoms with Crippen molar-refractivity contribution in [1.29, 1.82) is 0 Å². The topological polar surface area (TPSA) is 38.9 Å². The van der Waals surface area contributed by atoms with Crippen LogP contribution in [0.1, 0.15) is 46.7 Å². The number of nitrogens with two attached hydrogens (primary N) is 1. The largest absolute Gasteiger partial charge is 0.327 e. The van der Waals surface area contributed by atoms with Crippen molar-refractivity contribution in [2.75, 3.05) is 0 Å². The normalized spacial score (nSPS) is 19.1. The van der Waals surface area contributed by atoms with Crippen molar-refractivity contribution >= 4 is 0 Å². The molecule has 2 atom stereocenters. The van der Waals surface area contributed by atoms with Crippen LogP contribution in [0.4, 0.5) is 0 Å². The number of hydrogen-bond donors (Lipinski definition) is 1. The molecule has 1 aliphatic carbocycles.